The van der Waals surface area contributed by atoms with Crippen molar-refractivity contribution in [3.05, 3.63) is 82.5 Å². The Labute approximate surface area is 163 Å². The highest BCUT2D eigenvalue weighted by Gasteiger charge is 2.34. The number of hydrogen-bond donors (Lipinski definition) is 1. The fraction of sp³-hybridized carbons (Fsp3) is 0.150. The number of pyridine rings is 2. The summed E-state index contributed by atoms with van der Waals surface area (Å²) in [6, 6.07) is 10.1. The molecule has 0 saturated heterocycles. The molecular formula is C20H16F3N3O3. The zero-order valence-electron chi connectivity index (χ0n) is 15.2. The fourth-order valence-electron chi connectivity index (χ4n) is 2.61. The SMILES string of the molecule is Cc1cc(NC(=O)Cn2cccc(C(F)(F)F)c2=O)ccc1Oc1cccnc1. The lowest BCUT2D eigenvalue weighted by Gasteiger charge is -2.12. The van der Waals surface area contributed by atoms with E-state index in [-0.39, 0.29) is 0 Å². The van der Waals surface area contributed by atoms with Crippen molar-refractivity contribution in [1.82, 2.24) is 9.55 Å². The third-order valence-corrected chi connectivity index (χ3v) is 3.96. The van der Waals surface area contributed by atoms with Crippen LogP contribution >= 0.6 is 0 Å². The molecule has 0 atom stereocenters. The summed E-state index contributed by atoms with van der Waals surface area (Å²) in [6.45, 7) is 1.23. The highest BCUT2D eigenvalue weighted by molar-refractivity contribution is 5.90. The van der Waals surface area contributed by atoms with E-state index < -0.39 is 29.8 Å². The first-order valence-corrected chi connectivity index (χ1v) is 8.49. The van der Waals surface area contributed by atoms with E-state index in [2.05, 4.69) is 10.3 Å². The minimum Gasteiger partial charge on any atom is -0.455 e. The van der Waals surface area contributed by atoms with Gasteiger partial charge in [0, 0.05) is 18.1 Å². The number of amides is 1. The number of benzene rings is 1. The highest BCUT2D eigenvalue weighted by Crippen LogP contribution is 2.27. The number of nitrogens with zero attached hydrogens (tertiary/aromatic N) is 2. The number of anilines is 1. The molecule has 1 amide bonds. The first kappa shape index (κ1) is 20.1. The normalized spacial score (nSPS) is 11.2. The van der Waals surface area contributed by atoms with Crippen LogP contribution in [0.4, 0.5) is 18.9 Å². The first-order chi connectivity index (χ1) is 13.7. The summed E-state index contributed by atoms with van der Waals surface area (Å²) in [5, 5.41) is 2.56. The second kappa shape index (κ2) is 8.17. The second-order valence-electron chi connectivity index (χ2n) is 6.17. The molecule has 29 heavy (non-hydrogen) atoms. The summed E-state index contributed by atoms with van der Waals surface area (Å²) in [6.07, 6.45) is -0.471. The number of hydrogen-bond acceptors (Lipinski definition) is 4. The van der Waals surface area contributed by atoms with E-state index in [1.807, 2.05) is 0 Å². The maximum Gasteiger partial charge on any atom is 0.421 e. The quantitative estimate of drug-likeness (QED) is 0.699. The number of ether oxygens (including phenoxy) is 1. The van der Waals surface area contributed by atoms with E-state index in [4.69, 9.17) is 4.74 Å². The van der Waals surface area contributed by atoms with Gasteiger partial charge < -0.3 is 14.6 Å². The summed E-state index contributed by atoms with van der Waals surface area (Å²) in [7, 11) is 0. The molecule has 6 nitrogen and oxygen atoms in total. The lowest BCUT2D eigenvalue weighted by atomic mass is 10.2. The number of alkyl halides is 3. The van der Waals surface area contributed by atoms with Gasteiger partial charge in [0.2, 0.25) is 5.91 Å². The predicted molar refractivity (Wildman–Crippen MR) is 99.8 cm³/mol. The summed E-state index contributed by atoms with van der Waals surface area (Å²) in [5.74, 6) is 0.480. The summed E-state index contributed by atoms with van der Waals surface area (Å²) < 4.78 is 44.9. The van der Waals surface area contributed by atoms with Crippen molar-refractivity contribution in [2.75, 3.05) is 5.32 Å². The van der Waals surface area contributed by atoms with E-state index in [1.165, 1.54) is 0 Å². The molecule has 0 bridgehead atoms. The summed E-state index contributed by atoms with van der Waals surface area (Å²) in [4.78, 5) is 28.1. The van der Waals surface area contributed by atoms with Crippen LogP contribution in [-0.2, 0) is 17.5 Å². The van der Waals surface area contributed by atoms with Crippen molar-refractivity contribution in [3.8, 4) is 11.5 Å². The Hall–Kier alpha value is -3.62. The highest BCUT2D eigenvalue weighted by atomic mass is 19.4. The molecule has 0 aliphatic rings. The Balaban J connectivity index is 1.70. The minimum atomic E-state index is -4.78. The average Bonchev–Trinajstić information content (AvgIpc) is 2.65. The molecule has 1 aromatic carbocycles. The molecule has 3 rings (SSSR count). The Morgan fingerprint density at radius 3 is 2.66 bits per heavy atom. The Bertz CT molecular complexity index is 1080. The van der Waals surface area contributed by atoms with Crippen LogP contribution < -0.4 is 15.6 Å². The Morgan fingerprint density at radius 1 is 1.21 bits per heavy atom. The van der Waals surface area contributed by atoms with Gasteiger partial charge in [-0.3, -0.25) is 14.6 Å². The molecule has 0 fully saturated rings. The summed E-state index contributed by atoms with van der Waals surface area (Å²) >= 11 is 0. The third kappa shape index (κ3) is 5.01. The van der Waals surface area contributed by atoms with Crippen LogP contribution in [0.3, 0.4) is 0 Å². The topological polar surface area (TPSA) is 73.2 Å². The van der Waals surface area contributed by atoms with Gasteiger partial charge in [0.05, 0.1) is 6.20 Å². The fourth-order valence-corrected chi connectivity index (χ4v) is 2.61. The molecule has 150 valence electrons. The van der Waals surface area contributed by atoms with Crippen LogP contribution in [0, 0.1) is 6.92 Å². The minimum absolute atomic E-state index is 0.422. The average molecular weight is 403 g/mol. The molecule has 2 aromatic heterocycles. The van der Waals surface area contributed by atoms with Crippen molar-refractivity contribution in [2.24, 2.45) is 0 Å². The van der Waals surface area contributed by atoms with Gasteiger partial charge in [0.1, 0.15) is 23.6 Å². The number of nitrogens with one attached hydrogen (secondary N) is 1. The zero-order valence-corrected chi connectivity index (χ0v) is 15.2. The van der Waals surface area contributed by atoms with Crippen LogP contribution in [0.1, 0.15) is 11.1 Å². The zero-order chi connectivity index (χ0) is 21.0. The Morgan fingerprint density at radius 2 is 2.00 bits per heavy atom. The monoisotopic (exact) mass is 403 g/mol. The molecule has 3 aromatic rings. The smallest absolute Gasteiger partial charge is 0.421 e. The van der Waals surface area contributed by atoms with E-state index in [0.29, 0.717) is 27.8 Å². The maximum absolute atomic E-state index is 12.8. The molecule has 0 unspecified atom stereocenters. The molecule has 9 heteroatoms. The van der Waals surface area contributed by atoms with Crippen LogP contribution in [0.2, 0.25) is 0 Å². The van der Waals surface area contributed by atoms with Gasteiger partial charge in [-0.1, -0.05) is 0 Å². The molecular weight excluding hydrogens is 387 g/mol. The van der Waals surface area contributed by atoms with Gasteiger partial charge in [-0.05, 0) is 55.0 Å². The van der Waals surface area contributed by atoms with Gasteiger partial charge in [0.15, 0.2) is 0 Å². The summed E-state index contributed by atoms with van der Waals surface area (Å²) in [5.41, 5.74) is -1.44. The van der Waals surface area contributed by atoms with E-state index in [0.717, 1.165) is 17.8 Å². The third-order valence-electron chi connectivity index (χ3n) is 3.96. The largest absolute Gasteiger partial charge is 0.455 e. The number of carbonyl (C=O) groups is 1. The maximum atomic E-state index is 12.8. The molecule has 0 aliphatic heterocycles. The number of rotatable bonds is 5. The van der Waals surface area contributed by atoms with Crippen molar-refractivity contribution >= 4 is 11.6 Å². The van der Waals surface area contributed by atoms with Gasteiger partial charge in [0.25, 0.3) is 5.56 Å². The van der Waals surface area contributed by atoms with Gasteiger partial charge in [-0.15, -0.1) is 0 Å². The second-order valence-corrected chi connectivity index (χ2v) is 6.17. The standard InChI is InChI=1S/C20H16F3N3O3/c1-13-10-14(6-7-17(13)29-15-4-2-8-24-11-15)25-18(27)12-26-9-3-5-16(19(26)28)20(21,22)23/h2-11H,12H2,1H3,(H,25,27). The van der Waals surface area contributed by atoms with E-state index >= 15 is 0 Å². The van der Waals surface area contributed by atoms with Crippen LogP contribution in [0.15, 0.2) is 65.8 Å². The van der Waals surface area contributed by atoms with Crippen molar-refractivity contribution < 1.29 is 22.7 Å². The molecule has 1 N–H and O–H groups in total. The lowest BCUT2D eigenvalue weighted by Crippen LogP contribution is -2.31. The molecule has 0 spiro atoms. The van der Waals surface area contributed by atoms with E-state index in [9.17, 15) is 22.8 Å². The predicted octanol–water partition coefficient (Wildman–Crippen LogP) is 4.00. The lowest BCUT2D eigenvalue weighted by molar-refractivity contribution is -0.139. The van der Waals surface area contributed by atoms with Crippen LogP contribution in [0.25, 0.3) is 0 Å². The first-order valence-electron chi connectivity index (χ1n) is 8.49. The number of carbonyl (C=O) groups excluding carboxylic acids is 1. The van der Waals surface area contributed by atoms with E-state index in [1.54, 1.807) is 49.6 Å². The number of halogens is 3. The number of aromatic nitrogens is 2. The van der Waals surface area contributed by atoms with Gasteiger partial charge in [-0.25, -0.2) is 0 Å². The van der Waals surface area contributed by atoms with Crippen LogP contribution in [0.5, 0.6) is 11.5 Å². The molecule has 0 aliphatic carbocycles. The molecule has 2 heterocycles. The molecule has 0 radical (unpaired) electrons. The van der Waals surface area contributed by atoms with Crippen molar-refractivity contribution in [1.29, 1.82) is 0 Å². The van der Waals surface area contributed by atoms with Gasteiger partial charge in [-0.2, -0.15) is 13.2 Å². The molecule has 0 saturated carbocycles. The van der Waals surface area contributed by atoms with Crippen LogP contribution in [-0.4, -0.2) is 15.5 Å². The van der Waals surface area contributed by atoms with Gasteiger partial charge >= 0.3 is 6.18 Å². The Kier molecular flexibility index (Phi) is 5.67. The van der Waals surface area contributed by atoms with Crippen molar-refractivity contribution in [3.63, 3.8) is 0 Å². The number of aryl methyl sites for hydroxylation is 1. The van der Waals surface area contributed by atoms with Crippen molar-refractivity contribution in [2.45, 2.75) is 19.6 Å².